The highest BCUT2D eigenvalue weighted by molar-refractivity contribution is 6.08. The molecular weight excluding hydrogens is 324 g/mol. The second-order valence-electron chi connectivity index (χ2n) is 7.19. The maximum absolute atomic E-state index is 12.9. The van der Waals surface area contributed by atoms with E-state index < -0.39 is 0 Å². The zero-order valence-electron chi connectivity index (χ0n) is 14.8. The molecule has 2 aliphatic rings. The Morgan fingerprint density at radius 3 is 2.69 bits per heavy atom. The summed E-state index contributed by atoms with van der Waals surface area (Å²) in [7, 11) is 0. The molecule has 2 N–H and O–H groups in total. The summed E-state index contributed by atoms with van der Waals surface area (Å²) in [4.78, 5) is 15.1. The largest absolute Gasteiger partial charge is 0.392 e. The Kier molecular flexibility index (Phi) is 4.76. The van der Waals surface area contributed by atoms with E-state index in [1.54, 1.807) is 6.07 Å². The maximum Gasteiger partial charge on any atom is 0.256 e. The molecule has 2 aromatic rings. The molecule has 4 rings (SSSR count). The van der Waals surface area contributed by atoms with Gasteiger partial charge in [0.05, 0.1) is 13.2 Å². The smallest absolute Gasteiger partial charge is 0.256 e. The van der Waals surface area contributed by atoms with Gasteiger partial charge in [0.25, 0.3) is 5.91 Å². The Hall–Kier alpha value is -2.59. The van der Waals surface area contributed by atoms with Crippen LogP contribution in [0.4, 0.5) is 0 Å². The molecule has 1 heterocycles. The number of hydrogen-bond acceptors (Lipinski definition) is 3. The summed E-state index contributed by atoms with van der Waals surface area (Å²) < 4.78 is 0. The minimum atomic E-state index is -0.101. The van der Waals surface area contributed by atoms with Crippen LogP contribution in [0.5, 0.6) is 0 Å². The quantitative estimate of drug-likeness (QED) is 0.868. The van der Waals surface area contributed by atoms with Crippen LogP contribution in [0.25, 0.3) is 10.8 Å². The third-order valence-electron chi connectivity index (χ3n) is 5.39. The molecule has 2 aromatic carbocycles. The first-order valence-electron chi connectivity index (χ1n) is 9.29. The summed E-state index contributed by atoms with van der Waals surface area (Å²) in [6.07, 6.45) is 10.1. The first-order chi connectivity index (χ1) is 12.7. The number of aliphatic hydroxyl groups is 1. The number of nitrogens with one attached hydrogen (secondary N) is 1. The summed E-state index contributed by atoms with van der Waals surface area (Å²) in [5.41, 5.74) is 2.40. The highest BCUT2D eigenvalue weighted by Gasteiger charge is 2.21. The van der Waals surface area contributed by atoms with Gasteiger partial charge in [-0.05, 0) is 59.5 Å². The zero-order chi connectivity index (χ0) is 17.9. The van der Waals surface area contributed by atoms with Crippen molar-refractivity contribution in [3.63, 3.8) is 0 Å². The van der Waals surface area contributed by atoms with Crippen LogP contribution >= 0.6 is 0 Å². The number of carbonyl (C=O) groups excluding carboxylic acids is 1. The third kappa shape index (κ3) is 3.37. The second kappa shape index (κ2) is 7.34. The van der Waals surface area contributed by atoms with Gasteiger partial charge in [0, 0.05) is 17.8 Å². The molecule has 1 amide bonds. The van der Waals surface area contributed by atoms with Gasteiger partial charge >= 0.3 is 0 Å². The minimum absolute atomic E-state index is 0.0332. The molecule has 0 atom stereocenters. The van der Waals surface area contributed by atoms with Crippen molar-refractivity contribution in [1.82, 2.24) is 10.2 Å². The van der Waals surface area contributed by atoms with Crippen molar-refractivity contribution in [2.75, 3.05) is 13.1 Å². The van der Waals surface area contributed by atoms with Crippen LogP contribution in [0.3, 0.4) is 0 Å². The summed E-state index contributed by atoms with van der Waals surface area (Å²) in [5.74, 6) is 0.695. The molecule has 1 aliphatic carbocycles. The molecule has 0 unspecified atom stereocenters. The molecule has 26 heavy (non-hydrogen) atoms. The number of amides is 1. The normalized spacial score (nSPS) is 17.1. The van der Waals surface area contributed by atoms with E-state index in [4.69, 9.17) is 0 Å². The molecular formula is C22H24N2O2. The molecule has 0 radical (unpaired) electrons. The number of rotatable bonds is 5. The van der Waals surface area contributed by atoms with Crippen molar-refractivity contribution in [3.8, 4) is 0 Å². The lowest BCUT2D eigenvalue weighted by Gasteiger charge is -2.33. The van der Waals surface area contributed by atoms with Gasteiger partial charge < -0.3 is 15.3 Å². The van der Waals surface area contributed by atoms with Crippen LogP contribution in [-0.4, -0.2) is 29.0 Å². The average Bonchev–Trinajstić information content (AvgIpc) is 2.64. The van der Waals surface area contributed by atoms with Crippen LogP contribution in [0.2, 0.25) is 0 Å². The Morgan fingerprint density at radius 1 is 1.15 bits per heavy atom. The van der Waals surface area contributed by atoms with Crippen LogP contribution in [0, 0.1) is 5.92 Å². The van der Waals surface area contributed by atoms with E-state index in [-0.39, 0.29) is 12.5 Å². The lowest BCUT2D eigenvalue weighted by Crippen LogP contribution is -2.36. The topological polar surface area (TPSA) is 52.6 Å². The zero-order valence-corrected chi connectivity index (χ0v) is 14.8. The molecule has 1 saturated carbocycles. The van der Waals surface area contributed by atoms with Gasteiger partial charge in [-0.3, -0.25) is 4.79 Å². The predicted octanol–water partition coefficient (Wildman–Crippen LogP) is 3.58. The van der Waals surface area contributed by atoms with Crippen molar-refractivity contribution < 1.29 is 9.90 Å². The predicted molar refractivity (Wildman–Crippen MR) is 103 cm³/mol. The fourth-order valence-electron chi connectivity index (χ4n) is 3.73. The molecule has 134 valence electrons. The fraction of sp³-hybridized carbons (Fsp3) is 0.318. The van der Waals surface area contributed by atoms with Crippen LogP contribution in [0.1, 0.15) is 35.2 Å². The first-order valence-corrected chi connectivity index (χ1v) is 9.29. The molecule has 0 aromatic heterocycles. The van der Waals surface area contributed by atoms with Gasteiger partial charge in [0.1, 0.15) is 0 Å². The Labute approximate surface area is 153 Å². The monoisotopic (exact) mass is 348 g/mol. The standard InChI is InChI=1S/C22H24N2O2/c25-15-17-10-11-21(20-9-2-1-8-19(17)20)22(26)23-18-7-4-12-24(14-18)13-16-5-3-6-16/h1-2,4,7-12,16,25H,3,5-6,13-15H2,(H,23,26). The lowest BCUT2D eigenvalue weighted by atomic mass is 9.85. The van der Waals surface area contributed by atoms with Gasteiger partial charge in [0.15, 0.2) is 0 Å². The second-order valence-corrected chi connectivity index (χ2v) is 7.19. The van der Waals surface area contributed by atoms with Crippen molar-refractivity contribution >= 4 is 16.7 Å². The third-order valence-corrected chi connectivity index (χ3v) is 5.39. The number of fused-ring (bicyclic) bond motifs is 1. The van der Waals surface area contributed by atoms with E-state index in [0.717, 1.165) is 41.0 Å². The Morgan fingerprint density at radius 2 is 1.96 bits per heavy atom. The number of allylic oxidation sites excluding steroid dienone is 2. The number of hydrogen-bond donors (Lipinski definition) is 2. The maximum atomic E-state index is 12.9. The summed E-state index contributed by atoms with van der Waals surface area (Å²) in [6.45, 7) is 1.78. The van der Waals surface area contributed by atoms with E-state index >= 15 is 0 Å². The van der Waals surface area contributed by atoms with Gasteiger partial charge in [-0.2, -0.15) is 0 Å². The lowest BCUT2D eigenvalue weighted by molar-refractivity contribution is 0.0963. The van der Waals surface area contributed by atoms with Gasteiger partial charge in [-0.1, -0.05) is 36.8 Å². The molecule has 4 heteroatoms. The average molecular weight is 348 g/mol. The Bertz CT molecular complexity index is 881. The highest BCUT2D eigenvalue weighted by Crippen LogP contribution is 2.28. The molecule has 0 spiro atoms. The first kappa shape index (κ1) is 16.9. The van der Waals surface area contributed by atoms with Gasteiger partial charge in [0.2, 0.25) is 0 Å². The summed E-state index contributed by atoms with van der Waals surface area (Å²) >= 11 is 0. The summed E-state index contributed by atoms with van der Waals surface area (Å²) in [6, 6.07) is 11.4. The molecule has 0 bridgehead atoms. The molecule has 1 aliphatic heterocycles. The van der Waals surface area contributed by atoms with E-state index in [0.29, 0.717) is 5.56 Å². The van der Waals surface area contributed by atoms with Crippen molar-refractivity contribution in [3.05, 3.63) is 71.6 Å². The van der Waals surface area contributed by atoms with E-state index in [9.17, 15) is 9.90 Å². The van der Waals surface area contributed by atoms with Crippen molar-refractivity contribution in [1.29, 1.82) is 0 Å². The molecule has 0 saturated heterocycles. The van der Waals surface area contributed by atoms with E-state index in [1.165, 1.54) is 19.3 Å². The van der Waals surface area contributed by atoms with Crippen molar-refractivity contribution in [2.24, 2.45) is 5.92 Å². The molecule has 4 nitrogen and oxygen atoms in total. The summed E-state index contributed by atoms with van der Waals surface area (Å²) in [5, 5.41) is 14.4. The van der Waals surface area contributed by atoms with E-state index in [1.807, 2.05) is 42.5 Å². The van der Waals surface area contributed by atoms with Gasteiger partial charge in [-0.15, -0.1) is 0 Å². The van der Waals surface area contributed by atoms with Crippen LogP contribution in [0.15, 0.2) is 60.4 Å². The number of benzene rings is 2. The molecule has 1 fully saturated rings. The number of aliphatic hydroxyl groups excluding tert-OH is 1. The number of carbonyl (C=O) groups is 1. The minimum Gasteiger partial charge on any atom is -0.392 e. The number of nitrogens with zero attached hydrogens (tertiary/aromatic N) is 1. The van der Waals surface area contributed by atoms with Crippen molar-refractivity contribution in [2.45, 2.75) is 25.9 Å². The van der Waals surface area contributed by atoms with Gasteiger partial charge in [-0.25, -0.2) is 0 Å². The fourth-order valence-corrected chi connectivity index (χ4v) is 3.73. The highest BCUT2D eigenvalue weighted by atomic mass is 16.3. The SMILES string of the molecule is O=C(NC1=CC=CN(CC2CCC2)C1)c1ccc(CO)c2ccccc12. The van der Waals surface area contributed by atoms with Crippen LogP contribution in [-0.2, 0) is 6.61 Å². The Balaban J connectivity index is 1.51. The van der Waals surface area contributed by atoms with Crippen LogP contribution < -0.4 is 5.32 Å². The van der Waals surface area contributed by atoms with E-state index in [2.05, 4.69) is 16.4 Å².